The number of benzene rings is 2. The lowest BCUT2D eigenvalue weighted by molar-refractivity contribution is 0.101. The molecule has 1 amide bonds. The normalized spacial score (nSPS) is 14.5. The highest BCUT2D eigenvalue weighted by molar-refractivity contribution is 9.10. The van der Waals surface area contributed by atoms with Crippen molar-refractivity contribution >= 4 is 33.2 Å². The molecule has 0 unspecified atom stereocenters. The van der Waals surface area contributed by atoms with E-state index in [-0.39, 0.29) is 0 Å². The quantitative estimate of drug-likeness (QED) is 0.857. The number of morpholine rings is 1. The van der Waals surface area contributed by atoms with E-state index >= 15 is 0 Å². The fourth-order valence-electron chi connectivity index (χ4n) is 2.59. The zero-order chi connectivity index (χ0) is 17.1. The maximum atomic E-state index is 13.8. The van der Waals surface area contributed by atoms with Gasteiger partial charge in [-0.25, -0.2) is 8.78 Å². The number of anilines is 2. The van der Waals surface area contributed by atoms with E-state index in [0.29, 0.717) is 32.0 Å². The predicted octanol–water partition coefficient (Wildman–Crippen LogP) is 3.82. The molecule has 1 aliphatic rings. The van der Waals surface area contributed by atoms with Gasteiger partial charge in [0.15, 0.2) is 0 Å². The molecule has 0 bridgehead atoms. The van der Waals surface area contributed by atoms with Crippen molar-refractivity contribution in [1.82, 2.24) is 0 Å². The molecule has 7 heteroatoms. The van der Waals surface area contributed by atoms with Crippen molar-refractivity contribution in [3.63, 3.8) is 0 Å². The zero-order valence-electron chi connectivity index (χ0n) is 12.7. The number of ether oxygens (including phenoxy) is 1. The second-order valence-corrected chi connectivity index (χ2v) is 6.23. The fourth-order valence-corrected chi connectivity index (χ4v) is 2.95. The van der Waals surface area contributed by atoms with Crippen LogP contribution in [0.3, 0.4) is 0 Å². The van der Waals surface area contributed by atoms with Crippen molar-refractivity contribution in [3.05, 3.63) is 58.1 Å². The smallest absolute Gasteiger partial charge is 0.261 e. The van der Waals surface area contributed by atoms with E-state index < -0.39 is 23.1 Å². The lowest BCUT2D eigenvalue weighted by Crippen LogP contribution is -2.36. The Balaban J connectivity index is 1.91. The number of halogens is 3. The lowest BCUT2D eigenvalue weighted by atomic mass is 10.1. The van der Waals surface area contributed by atoms with Crippen LogP contribution in [-0.4, -0.2) is 32.2 Å². The highest BCUT2D eigenvalue weighted by atomic mass is 79.9. The van der Waals surface area contributed by atoms with Gasteiger partial charge >= 0.3 is 0 Å². The molecule has 2 aromatic carbocycles. The summed E-state index contributed by atoms with van der Waals surface area (Å²) in [5.41, 5.74) is 0.677. The van der Waals surface area contributed by atoms with E-state index in [1.807, 2.05) is 12.1 Å². The summed E-state index contributed by atoms with van der Waals surface area (Å²) >= 11 is 3.35. The van der Waals surface area contributed by atoms with Crippen molar-refractivity contribution < 1.29 is 18.3 Å². The molecule has 3 rings (SSSR count). The predicted molar refractivity (Wildman–Crippen MR) is 91.5 cm³/mol. The third kappa shape index (κ3) is 3.57. The number of carbonyl (C=O) groups excluding carboxylic acids is 1. The topological polar surface area (TPSA) is 41.6 Å². The number of amides is 1. The van der Waals surface area contributed by atoms with Crippen LogP contribution < -0.4 is 10.2 Å². The Bertz CT molecular complexity index is 744. The van der Waals surface area contributed by atoms with Crippen LogP contribution in [0.15, 0.2) is 40.9 Å². The third-order valence-electron chi connectivity index (χ3n) is 3.75. The first kappa shape index (κ1) is 16.9. The fraction of sp³-hybridized carbons (Fsp3) is 0.235. The highest BCUT2D eigenvalue weighted by Gasteiger charge is 2.20. The average Bonchev–Trinajstić information content (AvgIpc) is 2.55. The Hall–Kier alpha value is -1.99. The first-order valence-electron chi connectivity index (χ1n) is 7.44. The Kier molecular flexibility index (Phi) is 5.11. The number of rotatable bonds is 3. The molecule has 0 saturated carbocycles. The van der Waals surface area contributed by atoms with Crippen LogP contribution in [0.4, 0.5) is 20.2 Å². The van der Waals surface area contributed by atoms with Crippen molar-refractivity contribution in [2.24, 2.45) is 0 Å². The van der Waals surface area contributed by atoms with Gasteiger partial charge in [0.05, 0.1) is 24.6 Å². The van der Waals surface area contributed by atoms with Crippen LogP contribution in [0.25, 0.3) is 0 Å². The van der Waals surface area contributed by atoms with Crippen molar-refractivity contribution in [2.45, 2.75) is 0 Å². The van der Waals surface area contributed by atoms with Gasteiger partial charge in [0.25, 0.3) is 5.91 Å². The molecule has 4 nitrogen and oxygen atoms in total. The number of nitrogens with zero attached hydrogens (tertiary/aromatic N) is 1. The number of hydrogen-bond acceptors (Lipinski definition) is 3. The molecule has 0 aliphatic carbocycles. The summed E-state index contributed by atoms with van der Waals surface area (Å²) in [7, 11) is 0. The van der Waals surface area contributed by atoms with E-state index in [4.69, 9.17) is 4.74 Å². The Morgan fingerprint density at radius 2 is 1.79 bits per heavy atom. The Labute approximate surface area is 146 Å². The zero-order valence-corrected chi connectivity index (χ0v) is 14.3. The minimum absolute atomic E-state index is 0.485. The van der Waals surface area contributed by atoms with E-state index in [9.17, 15) is 13.6 Å². The van der Waals surface area contributed by atoms with E-state index in [1.54, 1.807) is 6.07 Å². The molecule has 1 heterocycles. The molecule has 0 atom stereocenters. The summed E-state index contributed by atoms with van der Waals surface area (Å²) in [6.45, 7) is 2.54. The van der Waals surface area contributed by atoms with Gasteiger partial charge in [-0.3, -0.25) is 4.79 Å². The third-order valence-corrected chi connectivity index (χ3v) is 4.24. The lowest BCUT2D eigenvalue weighted by Gasteiger charge is -2.30. The Morgan fingerprint density at radius 1 is 1.12 bits per heavy atom. The van der Waals surface area contributed by atoms with Gasteiger partial charge in [0.1, 0.15) is 17.2 Å². The molecule has 126 valence electrons. The van der Waals surface area contributed by atoms with Gasteiger partial charge in [0, 0.05) is 17.6 Å². The van der Waals surface area contributed by atoms with E-state index in [2.05, 4.69) is 26.1 Å². The van der Waals surface area contributed by atoms with Crippen LogP contribution in [0.1, 0.15) is 10.4 Å². The first-order valence-corrected chi connectivity index (χ1v) is 8.23. The van der Waals surface area contributed by atoms with Gasteiger partial charge in [-0.2, -0.15) is 0 Å². The second kappa shape index (κ2) is 7.27. The van der Waals surface area contributed by atoms with Crippen LogP contribution >= 0.6 is 15.9 Å². The van der Waals surface area contributed by atoms with Gasteiger partial charge in [0.2, 0.25) is 0 Å². The molecular weight excluding hydrogens is 382 g/mol. The molecule has 1 fully saturated rings. The number of nitrogens with one attached hydrogen (secondary N) is 1. The summed E-state index contributed by atoms with van der Waals surface area (Å²) < 4.78 is 33.7. The number of carbonyl (C=O) groups is 1. The Morgan fingerprint density at radius 3 is 2.46 bits per heavy atom. The molecule has 1 N–H and O–H groups in total. The van der Waals surface area contributed by atoms with Gasteiger partial charge < -0.3 is 15.0 Å². The molecular formula is C17H15BrF2N2O2. The van der Waals surface area contributed by atoms with Gasteiger partial charge in [-0.1, -0.05) is 22.0 Å². The van der Waals surface area contributed by atoms with Crippen molar-refractivity contribution in [3.8, 4) is 0 Å². The maximum absolute atomic E-state index is 13.8. The summed E-state index contributed by atoms with van der Waals surface area (Å²) in [5.74, 6) is -2.61. The highest BCUT2D eigenvalue weighted by Crippen LogP contribution is 2.30. The minimum Gasteiger partial charge on any atom is -0.378 e. The van der Waals surface area contributed by atoms with Crippen LogP contribution in [0.5, 0.6) is 0 Å². The molecule has 1 saturated heterocycles. The number of hydrogen-bond donors (Lipinski definition) is 1. The molecule has 1 aliphatic heterocycles. The van der Waals surface area contributed by atoms with Gasteiger partial charge in [-0.15, -0.1) is 0 Å². The molecule has 2 aromatic rings. The second-order valence-electron chi connectivity index (χ2n) is 5.31. The summed E-state index contributed by atoms with van der Waals surface area (Å²) in [6, 6.07) is 8.75. The summed E-state index contributed by atoms with van der Waals surface area (Å²) in [6.07, 6.45) is 0. The van der Waals surface area contributed by atoms with Gasteiger partial charge in [-0.05, 0) is 30.3 Å². The maximum Gasteiger partial charge on any atom is 0.261 e. The summed E-state index contributed by atoms with van der Waals surface area (Å²) in [5, 5.41) is 2.62. The molecule has 0 aromatic heterocycles. The average molecular weight is 397 g/mol. The molecule has 24 heavy (non-hydrogen) atoms. The molecule has 0 spiro atoms. The van der Waals surface area contributed by atoms with E-state index in [0.717, 1.165) is 22.3 Å². The monoisotopic (exact) mass is 396 g/mol. The van der Waals surface area contributed by atoms with E-state index in [1.165, 1.54) is 6.07 Å². The largest absolute Gasteiger partial charge is 0.378 e. The first-order chi connectivity index (χ1) is 11.6. The SMILES string of the molecule is O=C(Nc1cc(Br)ccc1N1CCOCC1)c1c(F)cccc1F. The van der Waals surface area contributed by atoms with Crippen molar-refractivity contribution in [2.75, 3.05) is 36.5 Å². The standard InChI is InChI=1S/C17H15BrF2N2O2/c18-11-4-5-15(22-6-8-24-9-7-22)14(10-11)21-17(23)16-12(19)2-1-3-13(16)20/h1-5,10H,6-9H2,(H,21,23). The van der Waals surface area contributed by atoms with Crippen LogP contribution in [-0.2, 0) is 4.74 Å². The minimum atomic E-state index is -0.893. The van der Waals surface area contributed by atoms with Crippen LogP contribution in [0, 0.1) is 11.6 Å². The van der Waals surface area contributed by atoms with Crippen LogP contribution in [0.2, 0.25) is 0 Å². The summed E-state index contributed by atoms with van der Waals surface area (Å²) in [4.78, 5) is 14.4. The van der Waals surface area contributed by atoms with Crippen molar-refractivity contribution in [1.29, 1.82) is 0 Å². The molecule has 0 radical (unpaired) electrons.